The molecule has 0 aromatic heterocycles. The minimum absolute atomic E-state index is 0.105. The Kier molecular flexibility index (Phi) is 3.53. The van der Waals surface area contributed by atoms with E-state index in [4.69, 9.17) is 0 Å². The van der Waals surface area contributed by atoms with E-state index in [9.17, 15) is 9.90 Å². The van der Waals surface area contributed by atoms with Gasteiger partial charge in [-0.3, -0.25) is 4.79 Å². The Morgan fingerprint density at radius 3 is 2.75 bits per heavy atom. The van der Waals surface area contributed by atoms with Crippen LogP contribution in [0.1, 0.15) is 12.8 Å². The average molecular weight is 275 g/mol. The number of likely N-dealkylation sites (N-methyl/N-ethyl adjacent to an activating group) is 1. The lowest BCUT2D eigenvalue weighted by Crippen LogP contribution is -2.49. The van der Waals surface area contributed by atoms with E-state index in [1.54, 1.807) is 4.90 Å². The molecule has 5 nitrogen and oxygen atoms in total. The van der Waals surface area contributed by atoms with Crippen LogP contribution >= 0.6 is 0 Å². The van der Waals surface area contributed by atoms with Crippen molar-refractivity contribution in [2.75, 3.05) is 30.8 Å². The van der Waals surface area contributed by atoms with E-state index < -0.39 is 0 Å². The second kappa shape index (κ2) is 5.32. The zero-order valence-electron chi connectivity index (χ0n) is 11.7. The van der Waals surface area contributed by atoms with E-state index in [1.807, 2.05) is 31.3 Å². The van der Waals surface area contributed by atoms with Gasteiger partial charge in [0.2, 0.25) is 5.91 Å². The molecule has 0 bridgehead atoms. The lowest BCUT2D eigenvalue weighted by molar-refractivity contribution is -0.132. The molecule has 1 aliphatic heterocycles. The van der Waals surface area contributed by atoms with E-state index in [-0.39, 0.29) is 18.1 Å². The van der Waals surface area contributed by atoms with Crippen molar-refractivity contribution in [1.29, 1.82) is 0 Å². The number of rotatable bonds is 3. The molecule has 1 fully saturated rings. The Morgan fingerprint density at radius 2 is 2.05 bits per heavy atom. The summed E-state index contributed by atoms with van der Waals surface area (Å²) in [5.74, 6) is 0.552. The van der Waals surface area contributed by atoms with Crippen molar-refractivity contribution in [2.45, 2.75) is 25.0 Å². The van der Waals surface area contributed by atoms with Crippen molar-refractivity contribution in [3.05, 3.63) is 24.3 Å². The molecule has 1 unspecified atom stereocenters. The van der Waals surface area contributed by atoms with Gasteiger partial charge in [0.25, 0.3) is 0 Å². The molecule has 0 spiro atoms. The lowest BCUT2D eigenvalue weighted by atomic mass is 9.82. The number of benzene rings is 1. The molecule has 2 aliphatic rings. The number of nitrogens with zero attached hydrogens (tertiary/aromatic N) is 1. The Labute approximate surface area is 119 Å². The maximum absolute atomic E-state index is 12.4. The number of aliphatic hydroxyl groups excluding tert-OH is 1. The highest BCUT2D eigenvalue weighted by Crippen LogP contribution is 2.29. The number of hydrogen-bond acceptors (Lipinski definition) is 4. The highest BCUT2D eigenvalue weighted by molar-refractivity contribution is 5.88. The minimum Gasteiger partial charge on any atom is -0.393 e. The summed E-state index contributed by atoms with van der Waals surface area (Å²) in [6.45, 7) is 1.34. The fraction of sp³-hybridized carbons (Fsp3) is 0.533. The Bertz CT molecular complexity index is 500. The van der Waals surface area contributed by atoms with Crippen LogP contribution in [-0.4, -0.2) is 48.2 Å². The molecule has 3 N–H and O–H groups in total. The summed E-state index contributed by atoms with van der Waals surface area (Å²) in [7, 11) is 1.84. The Balaban J connectivity index is 1.58. The molecule has 0 radical (unpaired) electrons. The number of hydrogen-bond donors (Lipinski definition) is 3. The molecule has 5 heteroatoms. The number of para-hydroxylation sites is 2. The number of fused-ring (bicyclic) bond motifs is 1. The molecule has 108 valence electrons. The first-order chi connectivity index (χ1) is 9.63. The third-order valence-electron chi connectivity index (χ3n) is 4.17. The van der Waals surface area contributed by atoms with Crippen LogP contribution in [0.25, 0.3) is 0 Å². The summed E-state index contributed by atoms with van der Waals surface area (Å²) in [4.78, 5) is 14.2. The molecular formula is C15H21N3O2. The average Bonchev–Trinajstić information content (AvgIpc) is 2.44. The zero-order valence-corrected chi connectivity index (χ0v) is 11.7. The van der Waals surface area contributed by atoms with E-state index in [1.165, 1.54) is 0 Å². The van der Waals surface area contributed by atoms with Crippen LogP contribution in [0.2, 0.25) is 0 Å². The number of anilines is 2. The smallest absolute Gasteiger partial charge is 0.246 e. The highest BCUT2D eigenvalue weighted by atomic mass is 16.3. The van der Waals surface area contributed by atoms with E-state index >= 15 is 0 Å². The van der Waals surface area contributed by atoms with Gasteiger partial charge >= 0.3 is 0 Å². The van der Waals surface area contributed by atoms with Gasteiger partial charge in [-0.1, -0.05) is 12.1 Å². The predicted molar refractivity (Wildman–Crippen MR) is 78.7 cm³/mol. The molecule has 1 aliphatic carbocycles. The molecule has 0 saturated heterocycles. The van der Waals surface area contributed by atoms with Crippen LogP contribution in [0.4, 0.5) is 11.4 Å². The summed E-state index contributed by atoms with van der Waals surface area (Å²) in [6, 6.07) is 7.69. The number of carbonyl (C=O) groups is 1. The lowest BCUT2D eigenvalue weighted by Gasteiger charge is -2.36. The molecular weight excluding hydrogens is 254 g/mol. The van der Waals surface area contributed by atoms with Gasteiger partial charge < -0.3 is 20.6 Å². The monoisotopic (exact) mass is 275 g/mol. The van der Waals surface area contributed by atoms with Crippen molar-refractivity contribution in [2.24, 2.45) is 5.92 Å². The first-order valence-electron chi connectivity index (χ1n) is 7.16. The van der Waals surface area contributed by atoms with E-state index in [0.717, 1.165) is 30.8 Å². The van der Waals surface area contributed by atoms with Gasteiger partial charge in [-0.2, -0.15) is 0 Å². The minimum atomic E-state index is -0.222. The molecule has 1 atom stereocenters. The van der Waals surface area contributed by atoms with Crippen LogP contribution in [0.5, 0.6) is 0 Å². The fourth-order valence-electron chi connectivity index (χ4n) is 2.96. The summed E-state index contributed by atoms with van der Waals surface area (Å²) < 4.78 is 0. The van der Waals surface area contributed by atoms with Crippen molar-refractivity contribution >= 4 is 17.3 Å². The number of carbonyl (C=O) groups excluding carboxylic acids is 1. The van der Waals surface area contributed by atoms with E-state index in [2.05, 4.69) is 10.6 Å². The Hall–Kier alpha value is -1.75. The van der Waals surface area contributed by atoms with E-state index in [0.29, 0.717) is 12.5 Å². The number of aliphatic hydroxyl groups is 1. The van der Waals surface area contributed by atoms with Crippen LogP contribution in [0, 0.1) is 5.92 Å². The van der Waals surface area contributed by atoms with Gasteiger partial charge in [-0.15, -0.1) is 0 Å². The molecule has 20 heavy (non-hydrogen) atoms. The van der Waals surface area contributed by atoms with Gasteiger partial charge in [0, 0.05) is 20.1 Å². The first-order valence-corrected chi connectivity index (χ1v) is 7.16. The second-order valence-corrected chi connectivity index (χ2v) is 5.83. The van der Waals surface area contributed by atoms with Crippen LogP contribution in [0.3, 0.4) is 0 Å². The standard InChI is InChI=1S/C15H21N3O2/c1-18(9-10-6-11(19)7-10)15(20)14-8-16-12-4-2-3-5-13(12)17-14/h2-5,10-11,14,16-17,19H,6-9H2,1H3. The number of amides is 1. The first kappa shape index (κ1) is 13.2. The predicted octanol–water partition coefficient (Wildman–Crippen LogP) is 1.12. The zero-order chi connectivity index (χ0) is 14.1. The van der Waals surface area contributed by atoms with Gasteiger partial charge in [-0.25, -0.2) is 0 Å². The maximum Gasteiger partial charge on any atom is 0.246 e. The molecule has 1 amide bonds. The van der Waals surface area contributed by atoms with Crippen molar-refractivity contribution in [3.8, 4) is 0 Å². The van der Waals surface area contributed by atoms with Gasteiger partial charge in [-0.05, 0) is 30.9 Å². The summed E-state index contributed by atoms with van der Waals surface area (Å²) in [5, 5.41) is 15.9. The maximum atomic E-state index is 12.4. The molecule has 3 rings (SSSR count). The topological polar surface area (TPSA) is 64.6 Å². The summed E-state index contributed by atoms with van der Waals surface area (Å²) in [5.41, 5.74) is 2.02. The molecule has 1 heterocycles. The van der Waals surface area contributed by atoms with Crippen molar-refractivity contribution < 1.29 is 9.90 Å². The van der Waals surface area contributed by atoms with Gasteiger partial charge in [0.15, 0.2) is 0 Å². The molecule has 1 aromatic rings. The largest absolute Gasteiger partial charge is 0.393 e. The number of nitrogens with one attached hydrogen (secondary N) is 2. The van der Waals surface area contributed by atoms with Gasteiger partial charge in [0.05, 0.1) is 17.5 Å². The third kappa shape index (κ3) is 2.58. The summed E-state index contributed by atoms with van der Waals surface area (Å²) in [6.07, 6.45) is 1.47. The summed E-state index contributed by atoms with van der Waals surface area (Å²) >= 11 is 0. The Morgan fingerprint density at radius 1 is 1.35 bits per heavy atom. The normalized spacial score (nSPS) is 27.6. The van der Waals surface area contributed by atoms with Crippen LogP contribution in [-0.2, 0) is 4.79 Å². The SMILES string of the molecule is CN(CC1CC(O)C1)C(=O)C1CNc2ccccc2N1. The third-order valence-corrected chi connectivity index (χ3v) is 4.17. The molecule has 1 saturated carbocycles. The fourth-order valence-corrected chi connectivity index (χ4v) is 2.96. The van der Waals surface area contributed by atoms with Gasteiger partial charge in [0.1, 0.15) is 6.04 Å². The van der Waals surface area contributed by atoms with Crippen LogP contribution in [0.15, 0.2) is 24.3 Å². The molecule has 1 aromatic carbocycles. The highest BCUT2D eigenvalue weighted by Gasteiger charge is 2.31. The second-order valence-electron chi connectivity index (χ2n) is 5.83. The quantitative estimate of drug-likeness (QED) is 0.773. The van der Waals surface area contributed by atoms with Crippen molar-refractivity contribution in [1.82, 2.24) is 4.90 Å². The van der Waals surface area contributed by atoms with Crippen LogP contribution < -0.4 is 10.6 Å². The van der Waals surface area contributed by atoms with Crippen molar-refractivity contribution in [3.63, 3.8) is 0 Å².